The number of hydrogen-bond acceptors (Lipinski definition) is 3. The number of benzene rings is 2. The Kier molecular flexibility index (Phi) is 3.26. The maximum Gasteiger partial charge on any atom is 0.269 e. The molecule has 0 fully saturated rings. The SMILES string of the molecule is O=[N+]([O-])c1ccc(C#Cc2ccccc2O)cc1. The smallest absolute Gasteiger partial charge is 0.269 e. The molecule has 0 atom stereocenters. The van der Waals surface area contributed by atoms with E-state index in [2.05, 4.69) is 11.8 Å². The van der Waals surface area contributed by atoms with Gasteiger partial charge in [-0.1, -0.05) is 24.0 Å². The second kappa shape index (κ2) is 5.02. The molecule has 0 aromatic heterocycles. The summed E-state index contributed by atoms with van der Waals surface area (Å²) >= 11 is 0. The van der Waals surface area contributed by atoms with E-state index in [0.717, 1.165) is 0 Å². The van der Waals surface area contributed by atoms with Crippen molar-refractivity contribution in [2.24, 2.45) is 0 Å². The van der Waals surface area contributed by atoms with Crippen molar-refractivity contribution in [1.82, 2.24) is 0 Å². The summed E-state index contributed by atoms with van der Waals surface area (Å²) in [6.45, 7) is 0. The van der Waals surface area contributed by atoms with Gasteiger partial charge in [0, 0.05) is 17.7 Å². The summed E-state index contributed by atoms with van der Waals surface area (Å²) in [7, 11) is 0. The lowest BCUT2D eigenvalue weighted by molar-refractivity contribution is -0.384. The highest BCUT2D eigenvalue weighted by molar-refractivity contribution is 5.50. The normalized spacial score (nSPS) is 9.33. The highest BCUT2D eigenvalue weighted by atomic mass is 16.6. The number of nitro benzene ring substituents is 1. The van der Waals surface area contributed by atoms with Gasteiger partial charge in [0.05, 0.1) is 10.5 Å². The van der Waals surface area contributed by atoms with Gasteiger partial charge in [-0.15, -0.1) is 0 Å². The molecule has 0 aliphatic heterocycles. The van der Waals surface area contributed by atoms with Crippen molar-refractivity contribution >= 4 is 5.69 Å². The van der Waals surface area contributed by atoms with E-state index in [4.69, 9.17) is 0 Å². The lowest BCUT2D eigenvalue weighted by atomic mass is 10.1. The zero-order valence-electron chi connectivity index (χ0n) is 9.33. The standard InChI is InChI=1S/C14H9NO3/c16-14-4-2-1-3-12(14)8-5-11-6-9-13(10-7-11)15(17)18/h1-4,6-7,9-10,16H. The number of para-hydroxylation sites is 1. The van der Waals surface area contributed by atoms with Gasteiger partial charge < -0.3 is 5.11 Å². The number of nitro groups is 1. The zero-order valence-corrected chi connectivity index (χ0v) is 9.33. The Labute approximate surface area is 104 Å². The molecular formula is C14H9NO3. The van der Waals surface area contributed by atoms with Gasteiger partial charge in [0.25, 0.3) is 5.69 Å². The van der Waals surface area contributed by atoms with Gasteiger partial charge in [-0.05, 0) is 24.3 Å². The zero-order chi connectivity index (χ0) is 13.0. The van der Waals surface area contributed by atoms with Crippen molar-refractivity contribution < 1.29 is 10.0 Å². The molecule has 4 nitrogen and oxygen atoms in total. The predicted octanol–water partition coefficient (Wildman–Crippen LogP) is 2.70. The molecule has 0 spiro atoms. The molecule has 0 radical (unpaired) electrons. The van der Waals surface area contributed by atoms with Gasteiger partial charge in [-0.25, -0.2) is 0 Å². The first kappa shape index (κ1) is 11.7. The van der Waals surface area contributed by atoms with Gasteiger partial charge in [0.1, 0.15) is 5.75 Å². The Morgan fingerprint density at radius 2 is 1.67 bits per heavy atom. The van der Waals surface area contributed by atoms with Crippen LogP contribution in [0.2, 0.25) is 0 Å². The Morgan fingerprint density at radius 3 is 2.28 bits per heavy atom. The molecule has 0 amide bonds. The molecule has 88 valence electrons. The lowest BCUT2D eigenvalue weighted by Crippen LogP contribution is -1.86. The minimum absolute atomic E-state index is 0.0307. The van der Waals surface area contributed by atoms with Crippen LogP contribution < -0.4 is 0 Å². The van der Waals surface area contributed by atoms with E-state index in [0.29, 0.717) is 11.1 Å². The van der Waals surface area contributed by atoms with E-state index in [9.17, 15) is 15.2 Å². The molecule has 2 aromatic rings. The van der Waals surface area contributed by atoms with Crippen LogP contribution in [0.5, 0.6) is 5.75 Å². The summed E-state index contributed by atoms with van der Waals surface area (Å²) in [5.41, 5.74) is 1.21. The summed E-state index contributed by atoms with van der Waals surface area (Å²) in [5, 5.41) is 20.0. The summed E-state index contributed by atoms with van der Waals surface area (Å²) in [4.78, 5) is 10.0. The van der Waals surface area contributed by atoms with Crippen LogP contribution in [0.3, 0.4) is 0 Å². The first-order valence-corrected chi connectivity index (χ1v) is 5.21. The van der Waals surface area contributed by atoms with Crippen molar-refractivity contribution in [3.8, 4) is 17.6 Å². The van der Waals surface area contributed by atoms with E-state index in [1.807, 2.05) is 0 Å². The van der Waals surface area contributed by atoms with Crippen LogP contribution in [0.1, 0.15) is 11.1 Å². The summed E-state index contributed by atoms with van der Waals surface area (Å²) < 4.78 is 0. The van der Waals surface area contributed by atoms with Crippen LogP contribution in [-0.2, 0) is 0 Å². The molecule has 0 bridgehead atoms. The fourth-order valence-electron chi connectivity index (χ4n) is 1.39. The summed E-state index contributed by atoms with van der Waals surface area (Å²) in [6.07, 6.45) is 0. The largest absolute Gasteiger partial charge is 0.507 e. The molecular weight excluding hydrogens is 230 g/mol. The van der Waals surface area contributed by atoms with Gasteiger partial charge in [0.2, 0.25) is 0 Å². The third kappa shape index (κ3) is 2.66. The first-order valence-electron chi connectivity index (χ1n) is 5.21. The van der Waals surface area contributed by atoms with Gasteiger partial charge in [-0.2, -0.15) is 0 Å². The molecule has 0 unspecified atom stereocenters. The maximum atomic E-state index is 10.5. The highest BCUT2D eigenvalue weighted by Crippen LogP contribution is 2.14. The monoisotopic (exact) mass is 239 g/mol. The van der Waals surface area contributed by atoms with Crippen LogP contribution >= 0.6 is 0 Å². The highest BCUT2D eigenvalue weighted by Gasteiger charge is 2.02. The maximum absolute atomic E-state index is 10.5. The predicted molar refractivity (Wildman–Crippen MR) is 67.2 cm³/mol. The number of phenolic OH excluding ortho intramolecular Hbond substituents is 1. The first-order chi connectivity index (χ1) is 8.66. The van der Waals surface area contributed by atoms with Crippen molar-refractivity contribution in [2.45, 2.75) is 0 Å². The minimum atomic E-state index is -0.458. The van der Waals surface area contributed by atoms with E-state index >= 15 is 0 Å². The number of hydrogen-bond donors (Lipinski definition) is 1. The van der Waals surface area contributed by atoms with Crippen molar-refractivity contribution in [1.29, 1.82) is 0 Å². The molecule has 0 aliphatic carbocycles. The Hall–Kier alpha value is -2.80. The summed E-state index contributed by atoms with van der Waals surface area (Å²) in [6, 6.07) is 12.7. The van der Waals surface area contributed by atoms with E-state index in [-0.39, 0.29) is 11.4 Å². The number of nitrogens with zero attached hydrogens (tertiary/aromatic N) is 1. The average molecular weight is 239 g/mol. The van der Waals surface area contributed by atoms with E-state index in [1.54, 1.807) is 36.4 Å². The van der Waals surface area contributed by atoms with Gasteiger partial charge in [0.15, 0.2) is 0 Å². The number of rotatable bonds is 1. The molecule has 2 aromatic carbocycles. The van der Waals surface area contributed by atoms with Crippen molar-refractivity contribution in [3.63, 3.8) is 0 Å². The van der Waals surface area contributed by atoms with Crippen LogP contribution in [0.15, 0.2) is 48.5 Å². The Bertz CT molecular complexity index is 636. The Balaban J connectivity index is 2.25. The van der Waals surface area contributed by atoms with Crippen LogP contribution in [0, 0.1) is 22.0 Å². The van der Waals surface area contributed by atoms with Gasteiger partial charge in [-0.3, -0.25) is 10.1 Å². The van der Waals surface area contributed by atoms with E-state index in [1.165, 1.54) is 12.1 Å². The second-order valence-corrected chi connectivity index (χ2v) is 3.57. The summed E-state index contributed by atoms with van der Waals surface area (Å²) in [5.74, 6) is 5.76. The number of non-ortho nitro benzene ring substituents is 1. The lowest BCUT2D eigenvalue weighted by Gasteiger charge is -1.94. The average Bonchev–Trinajstić information content (AvgIpc) is 2.38. The molecule has 4 heteroatoms. The molecule has 18 heavy (non-hydrogen) atoms. The quantitative estimate of drug-likeness (QED) is 0.472. The fourth-order valence-corrected chi connectivity index (χ4v) is 1.39. The Morgan fingerprint density at radius 1 is 1.00 bits per heavy atom. The van der Waals surface area contributed by atoms with Crippen molar-refractivity contribution in [2.75, 3.05) is 0 Å². The van der Waals surface area contributed by atoms with Crippen molar-refractivity contribution in [3.05, 3.63) is 69.8 Å². The molecule has 0 heterocycles. The fraction of sp³-hybridized carbons (Fsp3) is 0. The third-order valence-corrected chi connectivity index (χ3v) is 2.32. The van der Waals surface area contributed by atoms with Crippen LogP contribution in [0.4, 0.5) is 5.69 Å². The topological polar surface area (TPSA) is 63.4 Å². The molecule has 0 saturated heterocycles. The molecule has 0 aliphatic rings. The number of aromatic hydroxyl groups is 1. The van der Waals surface area contributed by atoms with E-state index < -0.39 is 4.92 Å². The molecule has 2 rings (SSSR count). The molecule has 1 N–H and O–H groups in total. The van der Waals surface area contributed by atoms with Gasteiger partial charge >= 0.3 is 0 Å². The third-order valence-electron chi connectivity index (χ3n) is 2.32. The van der Waals surface area contributed by atoms with Crippen LogP contribution in [0.25, 0.3) is 0 Å². The van der Waals surface area contributed by atoms with Crippen LogP contribution in [-0.4, -0.2) is 10.0 Å². The minimum Gasteiger partial charge on any atom is -0.507 e. The molecule has 0 saturated carbocycles. The second-order valence-electron chi connectivity index (χ2n) is 3.57. The number of phenols is 1.